The molecule has 0 saturated heterocycles. The van der Waals surface area contributed by atoms with Crippen LogP contribution in [0.5, 0.6) is 0 Å². The van der Waals surface area contributed by atoms with Crippen molar-refractivity contribution in [2.24, 2.45) is 0 Å². The van der Waals surface area contributed by atoms with Crippen LogP contribution in [0, 0.1) is 0 Å². The van der Waals surface area contributed by atoms with Gasteiger partial charge in [0.05, 0.1) is 17.3 Å². The molecule has 0 saturated carbocycles. The first-order valence-corrected chi connectivity index (χ1v) is 7.77. The Morgan fingerprint density at radius 3 is 2.85 bits per heavy atom. The number of nitrogens with two attached hydrogens (primary N) is 1. The molecule has 1 aromatic heterocycles. The van der Waals surface area contributed by atoms with Crippen molar-refractivity contribution >= 4 is 28.0 Å². The maximum atomic E-state index is 11.6. The number of hydrogen-bond acceptors (Lipinski definition) is 6. The van der Waals surface area contributed by atoms with Gasteiger partial charge in [-0.1, -0.05) is 0 Å². The van der Waals surface area contributed by atoms with Gasteiger partial charge in [0.25, 0.3) is 0 Å². The molecule has 0 aliphatic heterocycles. The number of nitrogens with one attached hydrogen (secondary N) is 1. The predicted molar refractivity (Wildman–Crippen MR) is 85.6 cm³/mol. The van der Waals surface area contributed by atoms with Gasteiger partial charge in [0.1, 0.15) is 4.88 Å². The monoisotopic (exact) mass is 299 g/mol. The maximum absolute atomic E-state index is 11.6. The van der Waals surface area contributed by atoms with Crippen molar-refractivity contribution < 1.29 is 9.53 Å². The van der Waals surface area contributed by atoms with Crippen LogP contribution in [-0.2, 0) is 4.74 Å². The summed E-state index contributed by atoms with van der Waals surface area (Å²) in [5.74, 6) is -0.345. The Hall–Kier alpha value is -1.27. The minimum absolute atomic E-state index is 0.345. The van der Waals surface area contributed by atoms with Gasteiger partial charge in [-0.05, 0) is 46.9 Å². The van der Waals surface area contributed by atoms with E-state index in [0.29, 0.717) is 23.2 Å². The number of carbonyl (C=O) groups is 1. The average Bonchev–Trinajstić information content (AvgIpc) is 2.76. The van der Waals surface area contributed by atoms with Gasteiger partial charge in [-0.25, -0.2) is 4.79 Å². The first-order valence-electron chi connectivity index (χ1n) is 6.96. The Morgan fingerprint density at radius 1 is 1.55 bits per heavy atom. The van der Waals surface area contributed by atoms with E-state index >= 15 is 0 Å². The van der Waals surface area contributed by atoms with Crippen LogP contribution in [0.15, 0.2) is 6.07 Å². The predicted octanol–water partition coefficient (Wildman–Crippen LogP) is 2.65. The Labute approximate surface area is 125 Å². The van der Waals surface area contributed by atoms with E-state index in [9.17, 15) is 4.79 Å². The van der Waals surface area contributed by atoms with E-state index < -0.39 is 0 Å². The highest BCUT2D eigenvalue weighted by atomic mass is 32.1. The van der Waals surface area contributed by atoms with Gasteiger partial charge in [0, 0.05) is 12.6 Å². The third kappa shape index (κ3) is 5.02. The fraction of sp³-hybridized carbons (Fsp3) is 0.643. The molecule has 114 valence electrons. The summed E-state index contributed by atoms with van der Waals surface area (Å²) in [6, 6.07) is 2.35. The van der Waals surface area contributed by atoms with Gasteiger partial charge in [-0.3, -0.25) is 0 Å². The van der Waals surface area contributed by atoms with Crippen LogP contribution in [0.1, 0.15) is 36.9 Å². The van der Waals surface area contributed by atoms with Crippen molar-refractivity contribution in [1.82, 2.24) is 4.90 Å². The van der Waals surface area contributed by atoms with Crippen LogP contribution in [0.3, 0.4) is 0 Å². The summed E-state index contributed by atoms with van der Waals surface area (Å²) in [5.41, 5.74) is 6.31. The van der Waals surface area contributed by atoms with E-state index in [0.717, 1.165) is 24.5 Å². The van der Waals surface area contributed by atoms with E-state index in [-0.39, 0.29) is 5.97 Å². The third-order valence-corrected chi connectivity index (χ3v) is 4.18. The zero-order chi connectivity index (χ0) is 15.1. The zero-order valence-corrected chi connectivity index (χ0v) is 13.5. The van der Waals surface area contributed by atoms with Crippen molar-refractivity contribution in [2.75, 3.05) is 37.8 Å². The Morgan fingerprint density at radius 2 is 2.25 bits per heavy atom. The summed E-state index contributed by atoms with van der Waals surface area (Å²) in [6.45, 7) is 8.40. The lowest BCUT2D eigenvalue weighted by Crippen LogP contribution is -2.28. The number of anilines is 2. The van der Waals surface area contributed by atoms with E-state index in [1.54, 1.807) is 13.0 Å². The average molecular weight is 299 g/mol. The van der Waals surface area contributed by atoms with Gasteiger partial charge < -0.3 is 20.7 Å². The molecule has 0 aromatic carbocycles. The number of rotatable bonds is 8. The molecule has 5 nitrogen and oxygen atoms in total. The minimum Gasteiger partial charge on any atom is -0.462 e. The maximum Gasteiger partial charge on any atom is 0.350 e. The Bertz CT molecular complexity index is 432. The smallest absolute Gasteiger partial charge is 0.350 e. The lowest BCUT2D eigenvalue weighted by molar-refractivity contribution is 0.0533. The Kier molecular flexibility index (Phi) is 6.81. The highest BCUT2D eigenvalue weighted by Gasteiger charge is 2.15. The number of esters is 1. The highest BCUT2D eigenvalue weighted by Crippen LogP contribution is 2.29. The Balaban J connectivity index is 2.42. The van der Waals surface area contributed by atoms with Crippen LogP contribution >= 0.6 is 11.3 Å². The molecule has 1 rings (SSSR count). The molecule has 0 radical (unpaired) electrons. The molecule has 1 heterocycles. The van der Waals surface area contributed by atoms with Crippen molar-refractivity contribution in [3.05, 3.63) is 10.9 Å². The molecule has 6 heteroatoms. The summed E-state index contributed by atoms with van der Waals surface area (Å²) >= 11 is 1.35. The molecule has 1 aromatic rings. The topological polar surface area (TPSA) is 67.6 Å². The first-order chi connectivity index (χ1) is 9.45. The minimum atomic E-state index is -0.345. The number of ether oxygens (including phenoxy) is 1. The van der Waals surface area contributed by atoms with Crippen LogP contribution in [0.25, 0.3) is 0 Å². The summed E-state index contributed by atoms with van der Waals surface area (Å²) in [7, 11) is 2.12. The molecule has 0 aliphatic carbocycles. The van der Waals surface area contributed by atoms with E-state index in [2.05, 4.69) is 31.1 Å². The number of carbonyl (C=O) groups excluding carboxylic acids is 1. The van der Waals surface area contributed by atoms with Crippen LogP contribution in [0.4, 0.5) is 10.7 Å². The second-order valence-corrected chi connectivity index (χ2v) is 6.02. The SMILES string of the molecule is CCOC(=O)c1sc(NCCCN(C)C(C)C)cc1N. The van der Waals surface area contributed by atoms with Crippen molar-refractivity contribution in [3.63, 3.8) is 0 Å². The number of nitrogen functional groups attached to an aromatic ring is 1. The largest absolute Gasteiger partial charge is 0.462 e. The van der Waals surface area contributed by atoms with Gasteiger partial charge in [-0.2, -0.15) is 0 Å². The van der Waals surface area contributed by atoms with Crippen molar-refractivity contribution in [1.29, 1.82) is 0 Å². The third-order valence-electron chi connectivity index (χ3n) is 3.09. The summed E-state index contributed by atoms with van der Waals surface area (Å²) in [5, 5.41) is 4.22. The summed E-state index contributed by atoms with van der Waals surface area (Å²) in [6.07, 6.45) is 1.04. The molecule has 0 unspecified atom stereocenters. The van der Waals surface area contributed by atoms with Gasteiger partial charge >= 0.3 is 5.97 Å². The fourth-order valence-electron chi connectivity index (χ4n) is 1.65. The number of nitrogens with zero attached hydrogens (tertiary/aromatic N) is 1. The summed E-state index contributed by atoms with van der Waals surface area (Å²) < 4.78 is 4.96. The van der Waals surface area contributed by atoms with Gasteiger partial charge in [-0.15, -0.1) is 11.3 Å². The second kappa shape index (κ2) is 8.11. The van der Waals surface area contributed by atoms with E-state index in [1.807, 2.05) is 0 Å². The zero-order valence-electron chi connectivity index (χ0n) is 12.7. The van der Waals surface area contributed by atoms with Crippen LogP contribution in [-0.4, -0.2) is 43.7 Å². The molecule has 0 fully saturated rings. The molecule has 20 heavy (non-hydrogen) atoms. The molecular formula is C14H25N3O2S. The van der Waals surface area contributed by atoms with Crippen molar-refractivity contribution in [3.8, 4) is 0 Å². The molecule has 3 N–H and O–H groups in total. The normalized spacial score (nSPS) is 11.1. The molecule has 0 spiro atoms. The summed E-state index contributed by atoms with van der Waals surface area (Å²) in [4.78, 5) is 14.4. The molecule has 0 bridgehead atoms. The second-order valence-electron chi connectivity index (χ2n) is 4.97. The number of thiophene rings is 1. The van der Waals surface area contributed by atoms with Crippen molar-refractivity contribution in [2.45, 2.75) is 33.2 Å². The van der Waals surface area contributed by atoms with Crippen LogP contribution in [0.2, 0.25) is 0 Å². The highest BCUT2D eigenvalue weighted by molar-refractivity contribution is 7.18. The number of hydrogen-bond donors (Lipinski definition) is 2. The molecular weight excluding hydrogens is 274 g/mol. The lowest BCUT2D eigenvalue weighted by Gasteiger charge is -2.20. The van der Waals surface area contributed by atoms with Crippen LogP contribution < -0.4 is 11.1 Å². The van der Waals surface area contributed by atoms with Gasteiger partial charge in [0.15, 0.2) is 0 Å². The molecule has 0 amide bonds. The van der Waals surface area contributed by atoms with Gasteiger partial charge in [0.2, 0.25) is 0 Å². The quantitative estimate of drug-likeness (QED) is 0.570. The molecule has 0 atom stereocenters. The molecule has 0 aliphatic rings. The standard InChI is InChI=1S/C14H25N3O2S/c1-5-19-14(18)13-11(15)9-12(20-13)16-7-6-8-17(4)10(2)3/h9-10,16H,5-8,15H2,1-4H3. The first kappa shape index (κ1) is 16.8. The van der Waals surface area contributed by atoms with E-state index in [4.69, 9.17) is 10.5 Å². The van der Waals surface area contributed by atoms with E-state index in [1.165, 1.54) is 11.3 Å². The fourth-order valence-corrected chi connectivity index (χ4v) is 2.55. The lowest BCUT2D eigenvalue weighted by atomic mass is 10.3.